The minimum Gasteiger partial charge on any atom is -0.331 e. The molecule has 1 fully saturated rings. The molecule has 0 aromatic carbocycles. The molecular formula is C11H14N4. The van der Waals surface area contributed by atoms with E-state index in [0.717, 1.165) is 11.3 Å². The summed E-state index contributed by atoms with van der Waals surface area (Å²) in [6.07, 6.45) is 8.43. The largest absolute Gasteiger partial charge is 0.331 e. The van der Waals surface area contributed by atoms with Gasteiger partial charge < -0.3 is 4.57 Å². The van der Waals surface area contributed by atoms with E-state index in [1.54, 1.807) is 0 Å². The second-order valence-corrected chi connectivity index (χ2v) is 4.24. The van der Waals surface area contributed by atoms with Gasteiger partial charge in [0.15, 0.2) is 0 Å². The van der Waals surface area contributed by atoms with Crippen LogP contribution in [0.4, 0.5) is 0 Å². The van der Waals surface area contributed by atoms with E-state index in [4.69, 9.17) is 0 Å². The molecule has 15 heavy (non-hydrogen) atoms. The fraction of sp³-hybridized carbons (Fsp3) is 0.455. The minimum atomic E-state index is 0.695. The molecule has 0 aliphatic heterocycles. The van der Waals surface area contributed by atoms with Crippen molar-refractivity contribution in [3.05, 3.63) is 24.4 Å². The molecule has 4 heteroatoms. The Kier molecular flexibility index (Phi) is 1.71. The van der Waals surface area contributed by atoms with E-state index in [-0.39, 0.29) is 0 Å². The van der Waals surface area contributed by atoms with Crippen LogP contribution in [0.15, 0.2) is 18.6 Å². The maximum absolute atomic E-state index is 4.49. The number of rotatable bonds is 2. The van der Waals surface area contributed by atoms with E-state index in [2.05, 4.69) is 21.7 Å². The molecule has 0 N–H and O–H groups in total. The molecule has 1 aliphatic carbocycles. The van der Waals surface area contributed by atoms with Crippen LogP contribution < -0.4 is 0 Å². The number of aryl methyl sites for hydroxylation is 1. The Morgan fingerprint density at radius 1 is 1.27 bits per heavy atom. The van der Waals surface area contributed by atoms with Crippen LogP contribution >= 0.6 is 0 Å². The lowest BCUT2D eigenvalue weighted by molar-refractivity contribution is 0.767. The zero-order valence-electron chi connectivity index (χ0n) is 9.01. The van der Waals surface area contributed by atoms with Gasteiger partial charge in [-0.3, -0.25) is 4.68 Å². The molecule has 0 bridgehead atoms. The monoisotopic (exact) mass is 202 g/mol. The highest BCUT2D eigenvalue weighted by Crippen LogP contribution is 2.40. The topological polar surface area (TPSA) is 35.6 Å². The Balaban J connectivity index is 2.04. The number of hydrogen-bond donors (Lipinski definition) is 0. The maximum Gasteiger partial charge on any atom is 0.111 e. The van der Waals surface area contributed by atoms with Crippen LogP contribution in [0.1, 0.15) is 24.6 Å². The van der Waals surface area contributed by atoms with Crippen molar-refractivity contribution in [1.29, 1.82) is 0 Å². The molecule has 3 rings (SSSR count). The van der Waals surface area contributed by atoms with E-state index >= 15 is 0 Å². The van der Waals surface area contributed by atoms with Crippen LogP contribution in [0, 0.1) is 0 Å². The van der Waals surface area contributed by atoms with Crippen LogP contribution in [-0.2, 0) is 14.1 Å². The third kappa shape index (κ3) is 1.37. The summed E-state index contributed by atoms with van der Waals surface area (Å²) < 4.78 is 4.01. The number of imidazole rings is 1. The fourth-order valence-corrected chi connectivity index (χ4v) is 1.97. The summed E-state index contributed by atoms with van der Waals surface area (Å²) in [6, 6.07) is 0. The molecule has 78 valence electrons. The molecule has 0 atom stereocenters. The Morgan fingerprint density at radius 2 is 2.07 bits per heavy atom. The highest BCUT2D eigenvalue weighted by molar-refractivity contribution is 5.57. The van der Waals surface area contributed by atoms with Gasteiger partial charge in [-0.05, 0) is 12.8 Å². The highest BCUT2D eigenvalue weighted by Gasteiger charge is 2.28. The minimum absolute atomic E-state index is 0.695. The van der Waals surface area contributed by atoms with Crippen molar-refractivity contribution >= 4 is 0 Å². The van der Waals surface area contributed by atoms with Crippen molar-refractivity contribution in [2.45, 2.75) is 18.8 Å². The predicted octanol–water partition coefficient (Wildman–Crippen LogP) is 1.70. The molecule has 2 aromatic rings. The summed E-state index contributed by atoms with van der Waals surface area (Å²) in [5, 5.41) is 4.18. The molecule has 2 heterocycles. The quantitative estimate of drug-likeness (QED) is 0.743. The summed E-state index contributed by atoms with van der Waals surface area (Å²) in [6.45, 7) is 0. The summed E-state index contributed by atoms with van der Waals surface area (Å²) in [5.74, 6) is 1.91. The Bertz CT molecular complexity index is 490. The van der Waals surface area contributed by atoms with E-state index in [1.807, 2.05) is 30.3 Å². The third-order valence-electron chi connectivity index (χ3n) is 2.97. The first-order valence-electron chi connectivity index (χ1n) is 5.26. The average Bonchev–Trinajstić information content (AvgIpc) is 2.86. The van der Waals surface area contributed by atoms with Gasteiger partial charge in [-0.1, -0.05) is 0 Å². The molecule has 1 aliphatic rings. The Morgan fingerprint density at radius 3 is 2.67 bits per heavy atom. The smallest absolute Gasteiger partial charge is 0.111 e. The second-order valence-electron chi connectivity index (χ2n) is 4.24. The van der Waals surface area contributed by atoms with Gasteiger partial charge in [-0.2, -0.15) is 5.10 Å². The summed E-state index contributed by atoms with van der Waals surface area (Å²) >= 11 is 0. The summed E-state index contributed by atoms with van der Waals surface area (Å²) in [4.78, 5) is 4.49. The fourth-order valence-electron chi connectivity index (χ4n) is 1.97. The van der Waals surface area contributed by atoms with Crippen LogP contribution in [0.2, 0.25) is 0 Å². The summed E-state index contributed by atoms with van der Waals surface area (Å²) in [7, 11) is 4.02. The molecule has 0 saturated heterocycles. The lowest BCUT2D eigenvalue weighted by atomic mass is 10.3. The normalized spacial score (nSPS) is 15.9. The number of nitrogens with zero attached hydrogens (tertiary/aromatic N) is 4. The van der Waals surface area contributed by atoms with Crippen LogP contribution in [0.5, 0.6) is 0 Å². The van der Waals surface area contributed by atoms with Crippen molar-refractivity contribution in [2.75, 3.05) is 0 Å². The van der Waals surface area contributed by atoms with Gasteiger partial charge in [0, 0.05) is 31.8 Å². The van der Waals surface area contributed by atoms with Gasteiger partial charge in [0.2, 0.25) is 0 Å². The first-order chi connectivity index (χ1) is 7.25. The van der Waals surface area contributed by atoms with Crippen molar-refractivity contribution in [3.8, 4) is 11.3 Å². The SMILES string of the molecule is Cn1cc(-c2cnc(C3CC3)n2C)cn1. The van der Waals surface area contributed by atoms with Crippen LogP contribution in [0.25, 0.3) is 11.3 Å². The molecule has 4 nitrogen and oxygen atoms in total. The molecular weight excluding hydrogens is 188 g/mol. The average molecular weight is 202 g/mol. The molecule has 0 unspecified atom stereocenters. The van der Waals surface area contributed by atoms with Crippen molar-refractivity contribution in [3.63, 3.8) is 0 Å². The van der Waals surface area contributed by atoms with Gasteiger partial charge in [0.1, 0.15) is 5.82 Å². The summed E-state index contributed by atoms with van der Waals surface area (Å²) in [5.41, 5.74) is 2.30. The van der Waals surface area contributed by atoms with Gasteiger partial charge in [0.05, 0.1) is 18.1 Å². The van der Waals surface area contributed by atoms with E-state index < -0.39 is 0 Å². The van der Waals surface area contributed by atoms with E-state index in [9.17, 15) is 0 Å². The first kappa shape index (κ1) is 8.71. The Labute approximate surface area is 88.6 Å². The zero-order valence-corrected chi connectivity index (χ0v) is 9.01. The molecule has 0 amide bonds. The first-order valence-corrected chi connectivity index (χ1v) is 5.26. The van der Waals surface area contributed by atoms with E-state index in [0.29, 0.717) is 5.92 Å². The standard InChI is InChI=1S/C11H14N4/c1-14-7-9(5-13-14)10-6-12-11(15(10)2)8-3-4-8/h5-8H,3-4H2,1-2H3. The predicted molar refractivity (Wildman–Crippen MR) is 57.4 cm³/mol. The molecule has 1 saturated carbocycles. The zero-order chi connectivity index (χ0) is 10.4. The lowest BCUT2D eigenvalue weighted by Crippen LogP contribution is -1.97. The van der Waals surface area contributed by atoms with Crippen LogP contribution in [0.3, 0.4) is 0 Å². The number of aromatic nitrogens is 4. The van der Waals surface area contributed by atoms with E-state index in [1.165, 1.54) is 18.7 Å². The van der Waals surface area contributed by atoms with Crippen molar-refractivity contribution < 1.29 is 0 Å². The van der Waals surface area contributed by atoms with Crippen molar-refractivity contribution in [1.82, 2.24) is 19.3 Å². The Hall–Kier alpha value is -1.58. The number of hydrogen-bond acceptors (Lipinski definition) is 2. The molecule has 0 spiro atoms. The van der Waals surface area contributed by atoms with Gasteiger partial charge in [-0.15, -0.1) is 0 Å². The third-order valence-corrected chi connectivity index (χ3v) is 2.97. The molecule has 0 radical (unpaired) electrons. The van der Waals surface area contributed by atoms with Gasteiger partial charge >= 0.3 is 0 Å². The maximum atomic E-state index is 4.49. The van der Waals surface area contributed by atoms with Gasteiger partial charge in [-0.25, -0.2) is 4.98 Å². The second kappa shape index (κ2) is 2.95. The highest BCUT2D eigenvalue weighted by atomic mass is 15.2. The lowest BCUT2D eigenvalue weighted by Gasteiger charge is -2.02. The van der Waals surface area contributed by atoms with Crippen LogP contribution in [-0.4, -0.2) is 19.3 Å². The van der Waals surface area contributed by atoms with Gasteiger partial charge in [0.25, 0.3) is 0 Å². The molecule has 2 aromatic heterocycles. The van der Waals surface area contributed by atoms with Crippen molar-refractivity contribution in [2.24, 2.45) is 14.1 Å².